The summed E-state index contributed by atoms with van der Waals surface area (Å²) in [5, 5.41) is 2.47. The monoisotopic (exact) mass is 665 g/mol. The van der Waals surface area contributed by atoms with Gasteiger partial charge in [-0.05, 0) is 81.4 Å². The maximum atomic E-state index is 4.90. The van der Waals surface area contributed by atoms with Gasteiger partial charge < -0.3 is 4.57 Å². The Kier molecular flexibility index (Phi) is 6.84. The summed E-state index contributed by atoms with van der Waals surface area (Å²) >= 11 is 0. The Hall–Kier alpha value is -6.58. The lowest BCUT2D eigenvalue weighted by Crippen LogP contribution is -2.14. The Morgan fingerprint density at radius 2 is 1.12 bits per heavy atom. The van der Waals surface area contributed by atoms with E-state index in [1.807, 2.05) is 30.5 Å². The second-order valence-corrected chi connectivity index (χ2v) is 14.2. The van der Waals surface area contributed by atoms with Gasteiger partial charge in [0, 0.05) is 44.8 Å². The molecule has 0 atom stereocenters. The first-order valence-corrected chi connectivity index (χ1v) is 17.9. The van der Waals surface area contributed by atoms with E-state index in [4.69, 9.17) is 4.98 Å². The summed E-state index contributed by atoms with van der Waals surface area (Å²) in [5.41, 5.74) is 16.8. The Bertz CT molecular complexity index is 2790. The van der Waals surface area contributed by atoms with Gasteiger partial charge in [0.2, 0.25) is 0 Å². The third-order valence-electron chi connectivity index (χ3n) is 10.9. The zero-order valence-corrected chi connectivity index (χ0v) is 29.1. The van der Waals surface area contributed by atoms with Gasteiger partial charge in [-0.15, -0.1) is 0 Å². The molecule has 3 heteroatoms. The number of para-hydroxylation sites is 2. The topological polar surface area (TPSA) is 30.7 Å². The van der Waals surface area contributed by atoms with Gasteiger partial charge in [0.25, 0.3) is 0 Å². The third kappa shape index (κ3) is 4.74. The van der Waals surface area contributed by atoms with Crippen molar-refractivity contribution in [3.05, 3.63) is 187 Å². The van der Waals surface area contributed by atoms with E-state index in [1.54, 1.807) is 0 Å². The molecule has 0 bridgehead atoms. The van der Waals surface area contributed by atoms with E-state index in [9.17, 15) is 0 Å². The van der Waals surface area contributed by atoms with Gasteiger partial charge in [-0.2, -0.15) is 0 Å². The third-order valence-corrected chi connectivity index (χ3v) is 10.9. The van der Waals surface area contributed by atoms with E-state index in [0.717, 1.165) is 22.5 Å². The van der Waals surface area contributed by atoms with Crippen LogP contribution in [0.25, 0.3) is 83.5 Å². The first-order valence-electron chi connectivity index (χ1n) is 17.9. The highest BCUT2D eigenvalue weighted by Crippen LogP contribution is 2.49. The molecule has 3 nitrogen and oxygen atoms in total. The van der Waals surface area contributed by atoms with Gasteiger partial charge in [0.15, 0.2) is 5.82 Å². The van der Waals surface area contributed by atoms with Gasteiger partial charge in [0.1, 0.15) is 0 Å². The van der Waals surface area contributed by atoms with Crippen molar-refractivity contribution >= 4 is 21.8 Å². The number of fused-ring (bicyclic) bond motifs is 6. The highest BCUT2D eigenvalue weighted by Gasteiger charge is 2.35. The first kappa shape index (κ1) is 30.3. The predicted molar refractivity (Wildman–Crippen MR) is 216 cm³/mol. The Morgan fingerprint density at radius 3 is 1.96 bits per heavy atom. The summed E-state index contributed by atoms with van der Waals surface area (Å²) in [5.74, 6) is 0.715. The summed E-state index contributed by atoms with van der Waals surface area (Å²) in [6.07, 6.45) is 1.84. The van der Waals surface area contributed by atoms with E-state index in [2.05, 4.69) is 169 Å². The maximum absolute atomic E-state index is 4.90. The molecule has 0 fully saturated rings. The molecule has 52 heavy (non-hydrogen) atoms. The van der Waals surface area contributed by atoms with Crippen LogP contribution in [0.15, 0.2) is 176 Å². The largest absolute Gasteiger partial charge is 0.309 e. The van der Waals surface area contributed by atoms with Crippen molar-refractivity contribution in [2.75, 3.05) is 0 Å². The van der Waals surface area contributed by atoms with Crippen LogP contribution in [0.1, 0.15) is 25.0 Å². The Morgan fingerprint density at radius 1 is 0.462 bits per heavy atom. The van der Waals surface area contributed by atoms with Crippen molar-refractivity contribution in [3.8, 4) is 61.7 Å². The molecule has 0 radical (unpaired) electrons. The molecule has 2 heterocycles. The van der Waals surface area contributed by atoms with Crippen LogP contribution < -0.4 is 0 Å². The van der Waals surface area contributed by atoms with E-state index in [-0.39, 0.29) is 5.41 Å². The molecule has 0 saturated heterocycles. The second-order valence-electron chi connectivity index (χ2n) is 14.2. The number of aromatic nitrogens is 3. The molecule has 10 rings (SSSR count). The van der Waals surface area contributed by atoms with Crippen LogP contribution in [0.2, 0.25) is 0 Å². The molecule has 0 unspecified atom stereocenters. The van der Waals surface area contributed by atoms with Crippen LogP contribution in [0.4, 0.5) is 0 Å². The smallest absolute Gasteiger partial charge is 0.159 e. The average molecular weight is 666 g/mol. The number of benzene rings is 7. The van der Waals surface area contributed by atoms with Crippen molar-refractivity contribution in [1.82, 2.24) is 14.5 Å². The number of hydrogen-bond acceptors (Lipinski definition) is 2. The lowest BCUT2D eigenvalue weighted by Gasteiger charge is -2.22. The normalized spacial score (nSPS) is 13.0. The molecule has 1 aliphatic carbocycles. The van der Waals surface area contributed by atoms with Crippen LogP contribution in [-0.4, -0.2) is 14.5 Å². The fourth-order valence-electron chi connectivity index (χ4n) is 8.27. The Labute approximate surface area is 303 Å². The zero-order chi connectivity index (χ0) is 34.8. The molecule has 246 valence electrons. The molecule has 0 N–H and O–H groups in total. The Balaban J connectivity index is 1.04. The summed E-state index contributed by atoms with van der Waals surface area (Å²) in [6, 6.07) is 61.1. The van der Waals surface area contributed by atoms with E-state index < -0.39 is 0 Å². The summed E-state index contributed by atoms with van der Waals surface area (Å²) in [6.45, 7) is 4.68. The molecular weight excluding hydrogens is 631 g/mol. The van der Waals surface area contributed by atoms with Gasteiger partial charge in [-0.25, -0.2) is 9.97 Å². The number of rotatable bonds is 5. The van der Waals surface area contributed by atoms with Gasteiger partial charge in [-0.3, -0.25) is 0 Å². The predicted octanol–water partition coefficient (Wildman–Crippen LogP) is 12.5. The van der Waals surface area contributed by atoms with Crippen molar-refractivity contribution in [2.45, 2.75) is 19.3 Å². The molecule has 2 aromatic heterocycles. The minimum absolute atomic E-state index is 0.0254. The summed E-state index contributed by atoms with van der Waals surface area (Å²) < 4.78 is 2.40. The zero-order valence-electron chi connectivity index (χ0n) is 29.1. The molecule has 1 aliphatic rings. The van der Waals surface area contributed by atoms with Crippen LogP contribution in [0.5, 0.6) is 0 Å². The fraction of sp³-hybridized carbons (Fsp3) is 0.0612. The minimum Gasteiger partial charge on any atom is -0.309 e. The SMILES string of the molecule is CC1(C)c2ccccc2-c2ccc(-c3ccc(-c4cccc5c6ccccc6n(-c6ccc(-c7nccc(-c8ccccc8)n7)cc6)c45)cc3)cc21. The lowest BCUT2D eigenvalue weighted by molar-refractivity contribution is 0.660. The average Bonchev–Trinajstić information content (AvgIpc) is 3.67. The summed E-state index contributed by atoms with van der Waals surface area (Å²) in [7, 11) is 0. The number of hydrogen-bond donors (Lipinski definition) is 0. The van der Waals surface area contributed by atoms with Crippen LogP contribution in [0.3, 0.4) is 0 Å². The maximum Gasteiger partial charge on any atom is 0.159 e. The van der Waals surface area contributed by atoms with Crippen LogP contribution in [-0.2, 0) is 5.41 Å². The second kappa shape index (κ2) is 11.8. The van der Waals surface area contributed by atoms with Crippen LogP contribution >= 0.6 is 0 Å². The van der Waals surface area contributed by atoms with Gasteiger partial charge in [0.05, 0.1) is 16.7 Å². The molecule has 7 aromatic carbocycles. The van der Waals surface area contributed by atoms with Gasteiger partial charge >= 0.3 is 0 Å². The van der Waals surface area contributed by atoms with Crippen molar-refractivity contribution in [2.24, 2.45) is 0 Å². The molecule has 0 amide bonds. The van der Waals surface area contributed by atoms with E-state index in [0.29, 0.717) is 5.82 Å². The quantitative estimate of drug-likeness (QED) is 0.183. The van der Waals surface area contributed by atoms with Gasteiger partial charge in [-0.1, -0.05) is 141 Å². The van der Waals surface area contributed by atoms with Crippen molar-refractivity contribution < 1.29 is 0 Å². The van der Waals surface area contributed by atoms with E-state index >= 15 is 0 Å². The number of nitrogens with zero attached hydrogens (tertiary/aromatic N) is 3. The molecule has 9 aromatic rings. The minimum atomic E-state index is -0.0254. The highest BCUT2D eigenvalue weighted by molar-refractivity contribution is 6.13. The molecule has 0 spiro atoms. The van der Waals surface area contributed by atoms with E-state index in [1.165, 1.54) is 66.3 Å². The highest BCUT2D eigenvalue weighted by atomic mass is 15.0. The molecular formula is C49H35N3. The van der Waals surface area contributed by atoms with Crippen molar-refractivity contribution in [1.29, 1.82) is 0 Å². The molecule has 0 aliphatic heterocycles. The summed E-state index contributed by atoms with van der Waals surface area (Å²) in [4.78, 5) is 9.53. The first-order chi connectivity index (χ1) is 25.5. The fourth-order valence-corrected chi connectivity index (χ4v) is 8.27. The van der Waals surface area contributed by atoms with Crippen LogP contribution in [0, 0.1) is 0 Å². The standard InChI is InChI=1S/C49H35N3/c1-49(2)43-17-8-6-13-39(43)40-28-25-36(31-44(40)49)32-19-21-33(22-20-32)38-15-10-16-42-41-14-7-9-18-46(41)52(47(38)42)37-26-23-35(24-27-37)48-50-30-29-45(51-48)34-11-4-3-5-12-34/h3-31H,1-2H3. The van der Waals surface area contributed by atoms with Crippen molar-refractivity contribution in [3.63, 3.8) is 0 Å². The molecule has 0 saturated carbocycles. The lowest BCUT2D eigenvalue weighted by atomic mass is 9.81.